The summed E-state index contributed by atoms with van der Waals surface area (Å²) < 4.78 is 31.9. The SMILES string of the molecule is [O-2].[O-2].[O]=[Cr](=[O])([OH])[OH].[Ti+4]. The van der Waals surface area contributed by atoms with E-state index in [0.29, 0.717) is 0 Å². The zero-order chi connectivity index (χ0) is 4.50. The smallest absolute Gasteiger partial charge is 4.00 e. The Labute approximate surface area is 62.4 Å². The van der Waals surface area contributed by atoms with Crippen LogP contribution in [0, 0.1) is 0 Å². The molecule has 8 heavy (non-hydrogen) atoms. The molecule has 0 aliphatic carbocycles. The van der Waals surface area contributed by atoms with Crippen LogP contribution in [0.3, 0.4) is 0 Å². The maximum absolute atomic E-state index is 8.82. The minimum atomic E-state index is -5.25. The van der Waals surface area contributed by atoms with E-state index in [1.165, 1.54) is 0 Å². The summed E-state index contributed by atoms with van der Waals surface area (Å²) in [7, 11) is 0. The molecule has 0 aliphatic heterocycles. The van der Waals surface area contributed by atoms with E-state index in [4.69, 9.17) is 15.9 Å². The topological polar surface area (TPSA) is 132 Å². The summed E-state index contributed by atoms with van der Waals surface area (Å²) in [4.78, 5) is 0. The van der Waals surface area contributed by atoms with Gasteiger partial charge in [-0.3, -0.25) is 0 Å². The Morgan fingerprint density at radius 3 is 1.00 bits per heavy atom. The molecule has 0 bridgehead atoms. The third-order valence-electron chi connectivity index (χ3n) is 0. The molecule has 0 saturated heterocycles. The molecule has 48 valence electrons. The minimum absolute atomic E-state index is 0. The van der Waals surface area contributed by atoms with Crippen LogP contribution in [-0.2, 0) is 53.9 Å². The summed E-state index contributed by atoms with van der Waals surface area (Å²) in [5.41, 5.74) is 0. The Morgan fingerprint density at radius 2 is 1.00 bits per heavy atom. The number of hydrogen-bond donors (Lipinski definition) is 2. The number of hydrogen-bond acceptors (Lipinski definition) is 2. The quantitative estimate of drug-likeness (QED) is 0.453. The van der Waals surface area contributed by atoms with Gasteiger partial charge in [0.15, 0.2) is 0 Å². The van der Waals surface area contributed by atoms with Crippen molar-refractivity contribution in [1.29, 1.82) is 0 Å². The Morgan fingerprint density at radius 1 is 1.00 bits per heavy atom. The fourth-order valence-electron chi connectivity index (χ4n) is 0. The first kappa shape index (κ1) is 23.4. The zero-order valence-electron chi connectivity index (χ0n) is 3.44. The molecule has 0 radical (unpaired) electrons. The molecule has 0 saturated carbocycles. The van der Waals surface area contributed by atoms with Gasteiger partial charge in [0.25, 0.3) is 0 Å². The summed E-state index contributed by atoms with van der Waals surface area (Å²) in [6, 6.07) is 0. The van der Waals surface area contributed by atoms with E-state index in [-0.39, 0.29) is 32.7 Å². The van der Waals surface area contributed by atoms with Crippen molar-refractivity contribution >= 4 is 0 Å². The van der Waals surface area contributed by atoms with Gasteiger partial charge in [-0.1, -0.05) is 0 Å². The second kappa shape index (κ2) is 7.69. The van der Waals surface area contributed by atoms with Gasteiger partial charge in [-0.2, -0.15) is 0 Å². The van der Waals surface area contributed by atoms with Gasteiger partial charge in [0.1, 0.15) is 0 Å². The van der Waals surface area contributed by atoms with Gasteiger partial charge in [-0.05, 0) is 0 Å². The molecule has 2 N–H and O–H groups in total. The monoisotopic (exact) mass is 198 g/mol. The average molecular weight is 198 g/mol. The predicted octanol–water partition coefficient (Wildman–Crippen LogP) is -1.59. The van der Waals surface area contributed by atoms with Crippen molar-refractivity contribution in [3.63, 3.8) is 0 Å². The van der Waals surface area contributed by atoms with E-state index in [1.54, 1.807) is 0 Å². The van der Waals surface area contributed by atoms with E-state index >= 15 is 0 Å². The van der Waals surface area contributed by atoms with Crippen molar-refractivity contribution in [3.8, 4) is 0 Å². The van der Waals surface area contributed by atoms with Crippen molar-refractivity contribution in [2.75, 3.05) is 0 Å². The normalized spacial score (nSPS) is 7.25. The Bertz CT molecular complexity index is 91.7. The molecule has 0 amide bonds. The third-order valence-corrected chi connectivity index (χ3v) is 0. The van der Waals surface area contributed by atoms with E-state index in [9.17, 15) is 0 Å². The molecular weight excluding hydrogens is 196 g/mol. The van der Waals surface area contributed by atoms with Crippen molar-refractivity contribution < 1.29 is 62.2 Å². The van der Waals surface area contributed by atoms with Crippen LogP contribution in [0.25, 0.3) is 0 Å². The Kier molecular flexibility index (Phi) is 22.5. The largest absolute Gasteiger partial charge is 4.00 e. The zero-order valence-corrected chi connectivity index (χ0v) is 6.27. The van der Waals surface area contributed by atoms with Crippen LogP contribution in [0.1, 0.15) is 0 Å². The molecule has 0 aliphatic rings. The van der Waals surface area contributed by atoms with Gasteiger partial charge >= 0.3 is 51.3 Å². The van der Waals surface area contributed by atoms with Crippen LogP contribution in [-0.4, -0.2) is 8.32 Å². The van der Waals surface area contributed by atoms with E-state index in [0.717, 1.165) is 0 Å². The molecule has 6 nitrogen and oxygen atoms in total. The van der Waals surface area contributed by atoms with Crippen LogP contribution >= 0.6 is 0 Å². The minimum Gasteiger partial charge on any atom is 4.00 e. The molecule has 0 aromatic rings. The molecule has 0 unspecified atom stereocenters. The molecule has 0 rings (SSSR count). The Balaban J connectivity index is -0.0000000267. The van der Waals surface area contributed by atoms with Gasteiger partial charge in [-0.15, -0.1) is 0 Å². The van der Waals surface area contributed by atoms with Gasteiger partial charge in [0, 0.05) is 0 Å². The number of rotatable bonds is 0. The third kappa shape index (κ3) is 459. The van der Waals surface area contributed by atoms with Crippen LogP contribution < -0.4 is 0 Å². The summed E-state index contributed by atoms with van der Waals surface area (Å²) >= 11 is -5.25. The first-order valence-electron chi connectivity index (χ1n) is 0.698. The summed E-state index contributed by atoms with van der Waals surface area (Å²) in [5.74, 6) is 0. The van der Waals surface area contributed by atoms with Gasteiger partial charge in [0.05, 0.1) is 0 Å². The van der Waals surface area contributed by atoms with E-state index in [1.807, 2.05) is 0 Å². The van der Waals surface area contributed by atoms with Gasteiger partial charge in [0.2, 0.25) is 0 Å². The summed E-state index contributed by atoms with van der Waals surface area (Å²) in [6.45, 7) is 0. The maximum Gasteiger partial charge on any atom is 4.00 e. The molecule has 0 aromatic carbocycles. The van der Waals surface area contributed by atoms with Crippen LogP contribution in [0.2, 0.25) is 0 Å². The standard InChI is InChI=1S/Cr.2H2O.4O.Ti/h;2*1H2;;;;;/q+2;;;;;2*-2;+4/p-2. The second-order valence-electron chi connectivity index (χ2n) is 0.448. The van der Waals surface area contributed by atoms with Crippen LogP contribution in [0.15, 0.2) is 0 Å². The fourth-order valence-corrected chi connectivity index (χ4v) is 0. The van der Waals surface area contributed by atoms with Crippen molar-refractivity contribution in [3.05, 3.63) is 0 Å². The van der Waals surface area contributed by atoms with E-state index in [2.05, 4.69) is 0 Å². The molecular formula is H2CrO6Ti. The average Bonchev–Trinajstić information content (AvgIpc) is 0.722. The van der Waals surface area contributed by atoms with Crippen LogP contribution in [0.4, 0.5) is 0 Å². The predicted molar refractivity (Wildman–Crippen MR) is 7.18 cm³/mol. The van der Waals surface area contributed by atoms with Gasteiger partial charge < -0.3 is 11.0 Å². The first-order chi connectivity index (χ1) is 2.00. The first-order valence-corrected chi connectivity index (χ1v) is 2.88. The summed E-state index contributed by atoms with van der Waals surface area (Å²) in [5, 5.41) is 0. The maximum atomic E-state index is 8.82. The van der Waals surface area contributed by atoms with Crippen molar-refractivity contribution in [2.45, 2.75) is 0 Å². The molecule has 0 atom stereocenters. The van der Waals surface area contributed by atoms with E-state index < -0.39 is 13.6 Å². The van der Waals surface area contributed by atoms with Crippen molar-refractivity contribution in [2.24, 2.45) is 0 Å². The molecule has 0 spiro atoms. The molecule has 0 aromatic heterocycles. The van der Waals surface area contributed by atoms with Crippen molar-refractivity contribution in [1.82, 2.24) is 0 Å². The second-order valence-corrected chi connectivity index (χ2v) is 1.85. The molecule has 0 fully saturated rings. The van der Waals surface area contributed by atoms with Gasteiger partial charge in [-0.25, -0.2) is 0 Å². The van der Waals surface area contributed by atoms with Crippen LogP contribution in [0.5, 0.6) is 0 Å². The Hall–Kier alpha value is 0.687. The molecule has 0 heterocycles. The molecule has 8 heteroatoms. The summed E-state index contributed by atoms with van der Waals surface area (Å²) in [6.07, 6.45) is 0. The fraction of sp³-hybridized carbons (Fsp3) is 0.